The zero-order chi connectivity index (χ0) is 5.40. The molecule has 2 aliphatic rings. The molecule has 0 spiro atoms. The second-order valence-electron chi connectivity index (χ2n) is 2.64. The fraction of sp³-hybridized carbons (Fsp3) is 0.714. The Morgan fingerprint density at radius 1 is 1.50 bits per heavy atom. The third kappa shape index (κ3) is 0.583. The summed E-state index contributed by atoms with van der Waals surface area (Å²) in [6, 6.07) is 0. The van der Waals surface area contributed by atoms with Gasteiger partial charge in [0.2, 0.25) is 0 Å². The van der Waals surface area contributed by atoms with Crippen LogP contribution in [-0.2, 0) is 4.74 Å². The van der Waals surface area contributed by atoms with Crippen molar-refractivity contribution in [3.8, 4) is 0 Å². The molecule has 2 bridgehead atoms. The third-order valence-electron chi connectivity index (χ3n) is 1.93. The average Bonchev–Trinajstić information content (AvgIpc) is 2.12. The number of hydrogen-bond donors (Lipinski definition) is 0. The fourth-order valence-electron chi connectivity index (χ4n) is 1.45. The maximum absolute atomic E-state index is 5.39. The number of fused-ring (bicyclic) bond motifs is 2. The van der Waals surface area contributed by atoms with Crippen LogP contribution in [-0.4, -0.2) is 12.7 Å². The van der Waals surface area contributed by atoms with E-state index < -0.39 is 0 Å². The molecule has 0 saturated carbocycles. The van der Waals surface area contributed by atoms with Crippen LogP contribution in [0.15, 0.2) is 12.2 Å². The number of ether oxygens (including phenoxy) is 1. The smallest absolute Gasteiger partial charge is 0.0759 e. The van der Waals surface area contributed by atoms with Crippen LogP contribution in [0.5, 0.6) is 0 Å². The van der Waals surface area contributed by atoms with Gasteiger partial charge in [-0.1, -0.05) is 12.2 Å². The molecule has 0 aromatic carbocycles. The van der Waals surface area contributed by atoms with E-state index in [0.717, 1.165) is 12.5 Å². The van der Waals surface area contributed by atoms with Crippen molar-refractivity contribution < 1.29 is 4.74 Å². The predicted molar refractivity (Wildman–Crippen MR) is 31.6 cm³/mol. The van der Waals surface area contributed by atoms with Crippen LogP contribution in [0.4, 0.5) is 0 Å². The molecule has 0 aromatic rings. The van der Waals surface area contributed by atoms with Crippen LogP contribution in [0.2, 0.25) is 0 Å². The number of hydrogen-bond acceptors (Lipinski definition) is 1. The van der Waals surface area contributed by atoms with Crippen LogP contribution in [0.1, 0.15) is 12.8 Å². The van der Waals surface area contributed by atoms with Crippen LogP contribution in [0.25, 0.3) is 0 Å². The van der Waals surface area contributed by atoms with E-state index in [1.807, 2.05) is 0 Å². The number of allylic oxidation sites excluding steroid dienone is 1. The van der Waals surface area contributed by atoms with E-state index in [1.165, 1.54) is 12.8 Å². The highest BCUT2D eigenvalue weighted by Gasteiger charge is 2.25. The molecule has 8 heavy (non-hydrogen) atoms. The molecule has 1 saturated heterocycles. The monoisotopic (exact) mass is 110 g/mol. The molecule has 2 unspecified atom stereocenters. The van der Waals surface area contributed by atoms with Gasteiger partial charge >= 0.3 is 0 Å². The van der Waals surface area contributed by atoms with Gasteiger partial charge in [0, 0.05) is 0 Å². The average molecular weight is 110 g/mol. The van der Waals surface area contributed by atoms with Gasteiger partial charge in [0.25, 0.3) is 0 Å². The van der Waals surface area contributed by atoms with E-state index in [1.54, 1.807) is 0 Å². The van der Waals surface area contributed by atoms with E-state index in [2.05, 4.69) is 12.2 Å². The maximum atomic E-state index is 5.39. The molecule has 0 radical (unpaired) electrons. The molecule has 0 N–H and O–H groups in total. The third-order valence-corrected chi connectivity index (χ3v) is 1.93. The minimum absolute atomic E-state index is 0.480. The van der Waals surface area contributed by atoms with Crippen molar-refractivity contribution in [1.29, 1.82) is 0 Å². The van der Waals surface area contributed by atoms with Crippen LogP contribution in [0, 0.1) is 5.92 Å². The Hall–Kier alpha value is -0.300. The Morgan fingerprint density at radius 2 is 2.50 bits per heavy atom. The van der Waals surface area contributed by atoms with Crippen molar-refractivity contribution in [2.45, 2.75) is 18.9 Å². The predicted octanol–water partition coefficient (Wildman–Crippen LogP) is 1.35. The van der Waals surface area contributed by atoms with E-state index in [-0.39, 0.29) is 0 Å². The summed E-state index contributed by atoms with van der Waals surface area (Å²) in [7, 11) is 0. The highest BCUT2D eigenvalue weighted by molar-refractivity contribution is 5.00. The summed E-state index contributed by atoms with van der Waals surface area (Å²) < 4.78 is 5.39. The van der Waals surface area contributed by atoms with E-state index >= 15 is 0 Å². The van der Waals surface area contributed by atoms with Gasteiger partial charge in [-0.2, -0.15) is 0 Å². The quantitative estimate of drug-likeness (QED) is 0.428. The summed E-state index contributed by atoms with van der Waals surface area (Å²) in [5.41, 5.74) is 0. The molecule has 1 aliphatic heterocycles. The van der Waals surface area contributed by atoms with Gasteiger partial charge in [-0.25, -0.2) is 0 Å². The lowest BCUT2D eigenvalue weighted by Crippen LogP contribution is -2.03. The second kappa shape index (κ2) is 1.59. The first-order valence-electron chi connectivity index (χ1n) is 3.23. The fourth-order valence-corrected chi connectivity index (χ4v) is 1.45. The van der Waals surface area contributed by atoms with Gasteiger partial charge in [0.1, 0.15) is 0 Å². The summed E-state index contributed by atoms with van der Waals surface area (Å²) in [4.78, 5) is 0. The molecular formula is C7H10O. The molecule has 1 nitrogen and oxygen atoms in total. The molecule has 2 atom stereocenters. The first-order chi connectivity index (χ1) is 3.95. The highest BCUT2D eigenvalue weighted by atomic mass is 16.5. The van der Waals surface area contributed by atoms with Gasteiger partial charge in [-0.05, 0) is 18.8 Å². The lowest BCUT2D eigenvalue weighted by molar-refractivity contribution is 0.142. The van der Waals surface area contributed by atoms with Crippen molar-refractivity contribution >= 4 is 0 Å². The van der Waals surface area contributed by atoms with Gasteiger partial charge in [0.05, 0.1) is 12.7 Å². The number of rotatable bonds is 0. The zero-order valence-corrected chi connectivity index (χ0v) is 4.84. The summed E-state index contributed by atoms with van der Waals surface area (Å²) in [5, 5.41) is 0. The lowest BCUT2D eigenvalue weighted by atomic mass is 9.97. The molecule has 1 heterocycles. The maximum Gasteiger partial charge on any atom is 0.0759 e. The van der Waals surface area contributed by atoms with Gasteiger partial charge in [-0.3, -0.25) is 0 Å². The van der Waals surface area contributed by atoms with Crippen molar-refractivity contribution in [2.24, 2.45) is 5.92 Å². The Kier molecular flexibility index (Phi) is 0.908. The summed E-state index contributed by atoms with van der Waals surface area (Å²) in [6.07, 6.45) is 7.43. The Labute approximate surface area is 49.3 Å². The minimum Gasteiger partial charge on any atom is -0.374 e. The van der Waals surface area contributed by atoms with Crippen molar-refractivity contribution in [3.63, 3.8) is 0 Å². The standard InChI is InChI=1S/C7H10O/c1-2-6-4-7(3-1)8-5-6/h1,3,6-7H,2,4-5H2. The first kappa shape index (κ1) is 4.57. The normalized spacial score (nSPS) is 43.0. The van der Waals surface area contributed by atoms with Gasteiger partial charge < -0.3 is 4.74 Å². The van der Waals surface area contributed by atoms with Crippen molar-refractivity contribution in [1.82, 2.24) is 0 Å². The van der Waals surface area contributed by atoms with Gasteiger partial charge in [0.15, 0.2) is 0 Å². The van der Waals surface area contributed by atoms with Crippen LogP contribution >= 0.6 is 0 Å². The molecule has 2 rings (SSSR count). The van der Waals surface area contributed by atoms with E-state index in [0.29, 0.717) is 6.10 Å². The largest absolute Gasteiger partial charge is 0.374 e. The molecule has 0 aromatic heterocycles. The summed E-state index contributed by atoms with van der Waals surface area (Å²) >= 11 is 0. The molecule has 44 valence electrons. The minimum atomic E-state index is 0.480. The summed E-state index contributed by atoms with van der Waals surface area (Å²) in [6.45, 7) is 0.998. The van der Waals surface area contributed by atoms with Crippen LogP contribution in [0.3, 0.4) is 0 Å². The molecule has 1 fully saturated rings. The highest BCUT2D eigenvalue weighted by Crippen LogP contribution is 2.27. The molecular weight excluding hydrogens is 100 g/mol. The van der Waals surface area contributed by atoms with Crippen molar-refractivity contribution in [3.05, 3.63) is 12.2 Å². The zero-order valence-electron chi connectivity index (χ0n) is 4.84. The lowest BCUT2D eigenvalue weighted by Gasteiger charge is -2.07. The topological polar surface area (TPSA) is 9.23 Å². The summed E-state index contributed by atoms with van der Waals surface area (Å²) in [5.74, 6) is 0.852. The van der Waals surface area contributed by atoms with E-state index in [4.69, 9.17) is 4.74 Å². The Bertz CT molecular complexity index is 118. The van der Waals surface area contributed by atoms with Crippen molar-refractivity contribution in [2.75, 3.05) is 6.61 Å². The van der Waals surface area contributed by atoms with Gasteiger partial charge in [-0.15, -0.1) is 0 Å². The van der Waals surface area contributed by atoms with E-state index in [9.17, 15) is 0 Å². The molecule has 1 aliphatic carbocycles. The Balaban J connectivity index is 2.17. The SMILES string of the molecule is C1=CC2CC(C1)CO2. The van der Waals surface area contributed by atoms with Crippen LogP contribution < -0.4 is 0 Å². The molecule has 1 heteroatoms. The molecule has 0 amide bonds. The Morgan fingerprint density at radius 3 is 3.25 bits per heavy atom. The first-order valence-corrected chi connectivity index (χ1v) is 3.23. The second-order valence-corrected chi connectivity index (χ2v) is 2.64.